The molecule has 0 aliphatic heterocycles. The summed E-state index contributed by atoms with van der Waals surface area (Å²) in [4.78, 5) is 0. The number of nitrogens with zero attached hydrogens (tertiary/aromatic N) is 1. The van der Waals surface area contributed by atoms with E-state index in [-0.39, 0.29) is 6.61 Å². The van der Waals surface area contributed by atoms with Crippen LogP contribution in [-0.2, 0) is 12.8 Å². The van der Waals surface area contributed by atoms with Crippen molar-refractivity contribution in [3.63, 3.8) is 0 Å². The summed E-state index contributed by atoms with van der Waals surface area (Å²) in [6.45, 7) is 0.277. The van der Waals surface area contributed by atoms with Crippen molar-refractivity contribution in [1.29, 1.82) is 5.26 Å². The SMILES string of the molecule is N#Cc1ccc2c(c1)CCC(CO)C2. The van der Waals surface area contributed by atoms with E-state index in [4.69, 9.17) is 10.4 Å². The fraction of sp³-hybridized carbons (Fsp3) is 0.417. The molecule has 0 aromatic heterocycles. The summed E-state index contributed by atoms with van der Waals surface area (Å²) in [5, 5.41) is 17.8. The number of hydrogen-bond acceptors (Lipinski definition) is 2. The molecule has 0 fully saturated rings. The van der Waals surface area contributed by atoms with Gasteiger partial charge in [-0.25, -0.2) is 0 Å². The van der Waals surface area contributed by atoms with Crippen molar-refractivity contribution in [2.75, 3.05) is 6.61 Å². The topological polar surface area (TPSA) is 44.0 Å². The van der Waals surface area contributed by atoms with Gasteiger partial charge in [-0.1, -0.05) is 6.07 Å². The van der Waals surface area contributed by atoms with Gasteiger partial charge in [0, 0.05) is 6.61 Å². The highest BCUT2D eigenvalue weighted by atomic mass is 16.3. The van der Waals surface area contributed by atoms with E-state index in [1.54, 1.807) is 0 Å². The van der Waals surface area contributed by atoms with Crippen molar-refractivity contribution in [3.05, 3.63) is 34.9 Å². The van der Waals surface area contributed by atoms with Crippen LogP contribution in [0.4, 0.5) is 0 Å². The Labute approximate surface area is 83.8 Å². The minimum atomic E-state index is 0.277. The van der Waals surface area contributed by atoms with Gasteiger partial charge in [0.1, 0.15) is 0 Å². The van der Waals surface area contributed by atoms with Crippen LogP contribution in [0.15, 0.2) is 18.2 Å². The Bertz CT molecular complexity index is 378. The van der Waals surface area contributed by atoms with Crippen molar-refractivity contribution >= 4 is 0 Å². The molecule has 0 bridgehead atoms. The van der Waals surface area contributed by atoms with E-state index in [9.17, 15) is 0 Å². The van der Waals surface area contributed by atoms with Gasteiger partial charge in [-0.2, -0.15) is 5.26 Å². The molecule has 0 amide bonds. The van der Waals surface area contributed by atoms with E-state index < -0.39 is 0 Å². The molecule has 1 aromatic carbocycles. The van der Waals surface area contributed by atoms with Crippen molar-refractivity contribution in [2.45, 2.75) is 19.3 Å². The van der Waals surface area contributed by atoms with Crippen molar-refractivity contribution in [1.82, 2.24) is 0 Å². The van der Waals surface area contributed by atoms with Crippen LogP contribution in [0.5, 0.6) is 0 Å². The van der Waals surface area contributed by atoms with Crippen LogP contribution >= 0.6 is 0 Å². The first-order valence-electron chi connectivity index (χ1n) is 4.96. The van der Waals surface area contributed by atoms with Gasteiger partial charge < -0.3 is 5.11 Å². The number of rotatable bonds is 1. The molecule has 1 unspecified atom stereocenters. The second-order valence-corrected chi connectivity index (χ2v) is 3.89. The molecule has 2 heteroatoms. The zero-order chi connectivity index (χ0) is 9.97. The third-order valence-electron chi connectivity index (χ3n) is 2.92. The molecule has 1 aromatic rings. The summed E-state index contributed by atoms with van der Waals surface area (Å²) in [5.74, 6) is 0.412. The maximum Gasteiger partial charge on any atom is 0.0991 e. The minimum absolute atomic E-state index is 0.277. The average Bonchev–Trinajstić information content (AvgIpc) is 2.27. The highest BCUT2D eigenvalue weighted by Gasteiger charge is 2.17. The molecule has 0 heterocycles. The van der Waals surface area contributed by atoms with Gasteiger partial charge >= 0.3 is 0 Å². The summed E-state index contributed by atoms with van der Waals surface area (Å²) in [6, 6.07) is 8.01. The van der Waals surface area contributed by atoms with Crippen LogP contribution in [-0.4, -0.2) is 11.7 Å². The Kier molecular flexibility index (Phi) is 2.51. The molecule has 0 spiro atoms. The molecule has 1 atom stereocenters. The predicted molar refractivity (Wildman–Crippen MR) is 53.8 cm³/mol. The van der Waals surface area contributed by atoms with E-state index in [1.807, 2.05) is 18.2 Å². The molecule has 0 saturated carbocycles. The zero-order valence-electron chi connectivity index (χ0n) is 8.03. The third kappa shape index (κ3) is 1.64. The lowest BCUT2D eigenvalue weighted by Gasteiger charge is -2.22. The predicted octanol–water partition coefficient (Wildman–Crippen LogP) is 1.66. The summed E-state index contributed by atoms with van der Waals surface area (Å²) in [6.07, 6.45) is 2.99. The molecule has 1 aliphatic rings. The largest absolute Gasteiger partial charge is 0.396 e. The maximum atomic E-state index is 9.07. The molecule has 1 N–H and O–H groups in total. The number of hydrogen-bond donors (Lipinski definition) is 1. The first-order valence-corrected chi connectivity index (χ1v) is 4.96. The number of aliphatic hydroxyl groups is 1. The van der Waals surface area contributed by atoms with Crippen LogP contribution < -0.4 is 0 Å². The standard InChI is InChI=1S/C12H13NO/c13-7-9-1-3-12-6-10(8-14)2-4-11(12)5-9/h1,3,5,10,14H,2,4,6,8H2. The molecule has 72 valence electrons. The number of aryl methyl sites for hydroxylation is 1. The zero-order valence-corrected chi connectivity index (χ0v) is 8.03. The molecule has 0 saturated heterocycles. The van der Waals surface area contributed by atoms with Crippen LogP contribution in [0, 0.1) is 17.2 Å². The quantitative estimate of drug-likeness (QED) is 0.726. The second-order valence-electron chi connectivity index (χ2n) is 3.89. The number of fused-ring (bicyclic) bond motifs is 1. The van der Waals surface area contributed by atoms with Gasteiger partial charge in [0.25, 0.3) is 0 Å². The van der Waals surface area contributed by atoms with E-state index in [2.05, 4.69) is 6.07 Å². The lowest BCUT2D eigenvalue weighted by molar-refractivity contribution is 0.213. The van der Waals surface area contributed by atoms with Crippen LogP contribution in [0.25, 0.3) is 0 Å². The van der Waals surface area contributed by atoms with Gasteiger partial charge in [-0.3, -0.25) is 0 Å². The first kappa shape index (κ1) is 9.23. The average molecular weight is 187 g/mol. The Balaban J connectivity index is 2.29. The highest BCUT2D eigenvalue weighted by molar-refractivity contribution is 5.39. The molecule has 14 heavy (non-hydrogen) atoms. The Morgan fingerprint density at radius 2 is 2.29 bits per heavy atom. The fourth-order valence-corrected chi connectivity index (χ4v) is 2.06. The third-order valence-corrected chi connectivity index (χ3v) is 2.92. The van der Waals surface area contributed by atoms with E-state index in [0.29, 0.717) is 5.92 Å². The maximum absolute atomic E-state index is 9.07. The Hall–Kier alpha value is -1.33. The summed E-state index contributed by atoms with van der Waals surface area (Å²) >= 11 is 0. The lowest BCUT2D eigenvalue weighted by Crippen LogP contribution is -2.17. The fourth-order valence-electron chi connectivity index (χ4n) is 2.06. The molecular formula is C12H13NO. The molecule has 2 nitrogen and oxygen atoms in total. The van der Waals surface area contributed by atoms with Gasteiger partial charge in [0.2, 0.25) is 0 Å². The van der Waals surface area contributed by atoms with Gasteiger partial charge in [-0.05, 0) is 48.4 Å². The van der Waals surface area contributed by atoms with Crippen LogP contribution in [0.2, 0.25) is 0 Å². The number of aliphatic hydroxyl groups excluding tert-OH is 1. The summed E-state index contributed by atoms with van der Waals surface area (Å²) < 4.78 is 0. The number of nitriles is 1. The molecule has 1 aliphatic carbocycles. The van der Waals surface area contributed by atoms with E-state index in [0.717, 1.165) is 24.8 Å². The van der Waals surface area contributed by atoms with Gasteiger partial charge in [0.15, 0.2) is 0 Å². The Morgan fingerprint density at radius 3 is 3.00 bits per heavy atom. The smallest absolute Gasteiger partial charge is 0.0991 e. The van der Waals surface area contributed by atoms with Gasteiger partial charge in [-0.15, -0.1) is 0 Å². The van der Waals surface area contributed by atoms with E-state index in [1.165, 1.54) is 11.1 Å². The summed E-state index contributed by atoms with van der Waals surface area (Å²) in [5.41, 5.74) is 3.33. The van der Waals surface area contributed by atoms with Crippen LogP contribution in [0.1, 0.15) is 23.1 Å². The van der Waals surface area contributed by atoms with Gasteiger partial charge in [0.05, 0.1) is 11.6 Å². The normalized spacial score (nSPS) is 19.9. The van der Waals surface area contributed by atoms with Crippen LogP contribution in [0.3, 0.4) is 0 Å². The van der Waals surface area contributed by atoms with E-state index >= 15 is 0 Å². The molecule has 2 rings (SSSR count). The van der Waals surface area contributed by atoms with Crippen molar-refractivity contribution in [2.24, 2.45) is 5.92 Å². The molecular weight excluding hydrogens is 174 g/mol. The molecule has 0 radical (unpaired) electrons. The number of benzene rings is 1. The monoisotopic (exact) mass is 187 g/mol. The summed E-state index contributed by atoms with van der Waals surface area (Å²) in [7, 11) is 0. The van der Waals surface area contributed by atoms with Crippen molar-refractivity contribution in [3.8, 4) is 6.07 Å². The lowest BCUT2D eigenvalue weighted by atomic mass is 9.84. The first-order chi connectivity index (χ1) is 6.83. The minimum Gasteiger partial charge on any atom is -0.396 e. The Morgan fingerprint density at radius 1 is 1.43 bits per heavy atom. The highest BCUT2D eigenvalue weighted by Crippen LogP contribution is 2.25. The second kappa shape index (κ2) is 3.81. The van der Waals surface area contributed by atoms with Crippen molar-refractivity contribution < 1.29 is 5.11 Å².